The molecule has 0 spiro atoms. The Labute approximate surface area is 179 Å². The molecule has 1 saturated carbocycles. The summed E-state index contributed by atoms with van der Waals surface area (Å²) in [5, 5.41) is 4.23. The van der Waals surface area contributed by atoms with Gasteiger partial charge in [0, 0.05) is 19.0 Å². The van der Waals surface area contributed by atoms with Crippen LogP contribution < -0.4 is 5.76 Å². The second-order valence-corrected chi connectivity index (χ2v) is 8.69. The quantitative estimate of drug-likeness (QED) is 0.660. The normalized spacial score (nSPS) is 23.8. The third-order valence-corrected chi connectivity index (χ3v) is 6.64. The van der Waals surface area contributed by atoms with E-state index in [1.54, 1.807) is 12.1 Å². The number of benzene rings is 2. The number of hydrogen-bond acceptors (Lipinski definition) is 5. The fourth-order valence-electron chi connectivity index (χ4n) is 4.88. The molecule has 31 heavy (non-hydrogen) atoms. The SMILES string of the molecule is CN(CC1CC(c2ccc(F)cc2)=NO1)C1CCC(c2ccc3[nH]c(=O)oc3c2)CC1. The molecular formula is C24H26FN3O3. The van der Waals surface area contributed by atoms with Gasteiger partial charge in [-0.2, -0.15) is 0 Å². The van der Waals surface area contributed by atoms with Crippen LogP contribution in [0.2, 0.25) is 0 Å². The molecule has 5 rings (SSSR count). The number of rotatable bonds is 5. The van der Waals surface area contributed by atoms with Crippen LogP contribution in [0, 0.1) is 5.82 Å². The summed E-state index contributed by atoms with van der Waals surface area (Å²) in [7, 11) is 2.16. The van der Waals surface area contributed by atoms with Gasteiger partial charge in [-0.15, -0.1) is 0 Å². The van der Waals surface area contributed by atoms with Crippen LogP contribution in [0.15, 0.2) is 56.8 Å². The highest BCUT2D eigenvalue weighted by Gasteiger charge is 2.29. The number of likely N-dealkylation sites (N-methyl/N-ethyl adjacent to an activating group) is 1. The molecule has 1 aliphatic carbocycles. The van der Waals surface area contributed by atoms with Gasteiger partial charge in [0.15, 0.2) is 5.58 Å². The molecule has 7 heteroatoms. The molecule has 0 saturated heterocycles. The van der Waals surface area contributed by atoms with Gasteiger partial charge in [0.05, 0.1) is 11.2 Å². The second-order valence-electron chi connectivity index (χ2n) is 8.69. The van der Waals surface area contributed by atoms with Crippen molar-refractivity contribution >= 4 is 16.8 Å². The molecule has 2 aromatic carbocycles. The van der Waals surface area contributed by atoms with Gasteiger partial charge in [-0.3, -0.25) is 9.88 Å². The molecule has 0 amide bonds. The fourth-order valence-corrected chi connectivity index (χ4v) is 4.88. The van der Waals surface area contributed by atoms with Crippen LogP contribution in [0.1, 0.15) is 49.1 Å². The Morgan fingerprint density at radius 1 is 1.13 bits per heavy atom. The van der Waals surface area contributed by atoms with E-state index in [1.165, 1.54) is 17.7 Å². The van der Waals surface area contributed by atoms with E-state index in [4.69, 9.17) is 9.25 Å². The molecular weight excluding hydrogens is 397 g/mol. The smallest absolute Gasteiger partial charge is 0.408 e. The summed E-state index contributed by atoms with van der Waals surface area (Å²) in [5.41, 5.74) is 4.43. The maximum atomic E-state index is 13.1. The Morgan fingerprint density at radius 2 is 1.90 bits per heavy atom. The molecule has 1 fully saturated rings. The van der Waals surface area contributed by atoms with Gasteiger partial charge in [0.2, 0.25) is 0 Å². The molecule has 2 aliphatic rings. The monoisotopic (exact) mass is 423 g/mol. The standard InChI is InChI=1S/C24H26FN3O3/c1-28(14-20-13-22(27-31-20)16-2-7-18(25)8-3-16)19-9-4-15(5-10-19)17-6-11-21-23(12-17)30-24(29)26-21/h2-3,6-8,11-12,15,19-20H,4-5,9-10,13-14H2,1H3,(H,26,29). The molecule has 1 N–H and O–H groups in total. The Hall–Kier alpha value is -2.93. The van der Waals surface area contributed by atoms with E-state index in [2.05, 4.69) is 28.2 Å². The number of nitrogens with zero attached hydrogens (tertiary/aromatic N) is 2. The number of hydrogen-bond donors (Lipinski definition) is 1. The molecule has 0 bridgehead atoms. The number of halogens is 1. The van der Waals surface area contributed by atoms with Crippen LogP contribution in [-0.4, -0.2) is 41.3 Å². The summed E-state index contributed by atoms with van der Waals surface area (Å²) >= 11 is 0. The second kappa shape index (κ2) is 8.30. The van der Waals surface area contributed by atoms with Gasteiger partial charge in [0.1, 0.15) is 11.9 Å². The number of H-pyrrole nitrogens is 1. The van der Waals surface area contributed by atoms with Gasteiger partial charge >= 0.3 is 5.76 Å². The number of aromatic nitrogens is 1. The lowest BCUT2D eigenvalue weighted by atomic mass is 9.81. The van der Waals surface area contributed by atoms with Gasteiger partial charge < -0.3 is 9.25 Å². The van der Waals surface area contributed by atoms with Crippen LogP contribution in [-0.2, 0) is 4.84 Å². The third-order valence-electron chi connectivity index (χ3n) is 6.64. The lowest BCUT2D eigenvalue weighted by molar-refractivity contribution is 0.0418. The van der Waals surface area contributed by atoms with E-state index >= 15 is 0 Å². The van der Waals surface area contributed by atoms with E-state index in [0.29, 0.717) is 17.5 Å². The molecule has 1 aliphatic heterocycles. The minimum atomic E-state index is -0.404. The summed E-state index contributed by atoms with van der Waals surface area (Å²) in [6.45, 7) is 0.823. The molecule has 0 radical (unpaired) electrons. The zero-order valence-corrected chi connectivity index (χ0v) is 17.5. The predicted octanol–water partition coefficient (Wildman–Crippen LogP) is 4.41. The maximum absolute atomic E-state index is 13.1. The first-order chi connectivity index (χ1) is 15.0. The van der Waals surface area contributed by atoms with Gasteiger partial charge in [-0.25, -0.2) is 9.18 Å². The average Bonchev–Trinajstić information content (AvgIpc) is 3.39. The summed E-state index contributed by atoms with van der Waals surface area (Å²) in [4.78, 5) is 22.1. The highest BCUT2D eigenvalue weighted by Crippen LogP contribution is 2.35. The first kappa shape index (κ1) is 20.0. The fraction of sp³-hybridized carbons (Fsp3) is 0.417. The third kappa shape index (κ3) is 4.28. The van der Waals surface area contributed by atoms with E-state index in [9.17, 15) is 9.18 Å². The van der Waals surface area contributed by atoms with Crippen LogP contribution in [0.4, 0.5) is 4.39 Å². The van der Waals surface area contributed by atoms with Gasteiger partial charge in [0.25, 0.3) is 0 Å². The number of oxime groups is 1. The number of oxazole rings is 1. The summed E-state index contributed by atoms with van der Waals surface area (Å²) < 4.78 is 18.4. The van der Waals surface area contributed by atoms with Crippen LogP contribution in [0.3, 0.4) is 0 Å². The molecule has 6 nitrogen and oxygen atoms in total. The maximum Gasteiger partial charge on any atom is 0.417 e. The van der Waals surface area contributed by atoms with E-state index in [0.717, 1.165) is 55.4 Å². The highest BCUT2D eigenvalue weighted by atomic mass is 19.1. The Kier molecular flexibility index (Phi) is 5.36. The first-order valence-corrected chi connectivity index (χ1v) is 10.9. The van der Waals surface area contributed by atoms with Crippen LogP contribution in [0.25, 0.3) is 11.1 Å². The Balaban J connectivity index is 1.14. The van der Waals surface area contributed by atoms with Crippen molar-refractivity contribution in [3.63, 3.8) is 0 Å². The van der Waals surface area contributed by atoms with Crippen LogP contribution >= 0.6 is 0 Å². The van der Waals surface area contributed by atoms with Crippen molar-refractivity contribution in [2.75, 3.05) is 13.6 Å². The highest BCUT2D eigenvalue weighted by molar-refractivity contribution is 6.01. The van der Waals surface area contributed by atoms with Crippen molar-refractivity contribution in [3.05, 3.63) is 70.0 Å². The van der Waals surface area contributed by atoms with E-state index in [1.807, 2.05) is 12.1 Å². The lowest BCUT2D eigenvalue weighted by Crippen LogP contribution is -2.39. The van der Waals surface area contributed by atoms with E-state index in [-0.39, 0.29) is 11.9 Å². The minimum Gasteiger partial charge on any atom is -0.408 e. The summed E-state index contributed by atoms with van der Waals surface area (Å²) in [6.07, 6.45) is 5.23. The topological polar surface area (TPSA) is 70.8 Å². The number of aromatic amines is 1. The first-order valence-electron chi connectivity index (χ1n) is 10.9. The lowest BCUT2D eigenvalue weighted by Gasteiger charge is -2.35. The molecule has 162 valence electrons. The summed E-state index contributed by atoms with van der Waals surface area (Å²) in [6, 6.07) is 13.0. The minimum absolute atomic E-state index is 0.0293. The molecule has 1 atom stereocenters. The summed E-state index contributed by atoms with van der Waals surface area (Å²) in [5.74, 6) is -0.156. The Bertz CT molecular complexity index is 1140. The van der Waals surface area contributed by atoms with Gasteiger partial charge in [-0.1, -0.05) is 23.4 Å². The van der Waals surface area contributed by atoms with Crippen molar-refractivity contribution in [2.24, 2.45) is 5.16 Å². The van der Waals surface area contributed by atoms with Crippen molar-refractivity contribution in [2.45, 2.75) is 50.2 Å². The molecule has 3 aromatic rings. The average molecular weight is 423 g/mol. The zero-order valence-electron chi connectivity index (χ0n) is 17.5. The number of nitrogens with one attached hydrogen (secondary N) is 1. The van der Waals surface area contributed by atoms with Crippen LogP contribution in [0.5, 0.6) is 0 Å². The Morgan fingerprint density at radius 3 is 2.68 bits per heavy atom. The number of fused-ring (bicyclic) bond motifs is 1. The van der Waals surface area contributed by atoms with E-state index < -0.39 is 5.76 Å². The molecule has 2 heterocycles. The molecule has 1 unspecified atom stereocenters. The largest absolute Gasteiger partial charge is 0.417 e. The van der Waals surface area contributed by atoms with Gasteiger partial charge in [-0.05, 0) is 74.0 Å². The van der Waals surface area contributed by atoms with Crippen molar-refractivity contribution < 1.29 is 13.6 Å². The van der Waals surface area contributed by atoms with Crippen molar-refractivity contribution in [1.82, 2.24) is 9.88 Å². The van der Waals surface area contributed by atoms with Crippen molar-refractivity contribution in [3.8, 4) is 0 Å². The van der Waals surface area contributed by atoms with Crippen molar-refractivity contribution in [1.29, 1.82) is 0 Å². The predicted molar refractivity (Wildman–Crippen MR) is 117 cm³/mol. The molecule has 1 aromatic heterocycles. The zero-order chi connectivity index (χ0) is 21.4.